The normalized spacial score (nSPS) is 10.4. The largest absolute Gasteiger partial charge is 0.457 e. The van der Waals surface area contributed by atoms with Gasteiger partial charge in [0.2, 0.25) is 0 Å². The molecule has 4 aromatic carbocycles. The average Bonchev–Trinajstić information content (AvgIpc) is 2.76. The van der Waals surface area contributed by atoms with Crippen molar-refractivity contribution in [2.75, 3.05) is 0 Å². The molecule has 0 saturated heterocycles. The molecule has 0 bridgehead atoms. The summed E-state index contributed by atoms with van der Waals surface area (Å²) in [6.45, 7) is 0. The van der Waals surface area contributed by atoms with Crippen LogP contribution in [0.5, 0.6) is 23.0 Å². The highest BCUT2D eigenvalue weighted by atomic mass is 33.1. The van der Waals surface area contributed by atoms with E-state index in [1.807, 2.05) is 84.9 Å². The van der Waals surface area contributed by atoms with Gasteiger partial charge in [-0.15, -0.1) is 0 Å². The Labute approximate surface area is 172 Å². The summed E-state index contributed by atoms with van der Waals surface area (Å²) in [5, 5.41) is 0. The summed E-state index contributed by atoms with van der Waals surface area (Å²) < 4.78 is 11.7. The Kier molecular flexibility index (Phi) is 6.22. The van der Waals surface area contributed by atoms with E-state index in [-0.39, 0.29) is 0 Å². The second-order valence-corrected chi connectivity index (χ2v) is 8.22. The zero-order chi connectivity index (χ0) is 19.0. The summed E-state index contributed by atoms with van der Waals surface area (Å²) in [5.74, 6) is 3.36. The standard InChI is InChI=1S/C24H18O2S2/c1-3-7-19(8-4-1)25-21-11-15-23(16-12-21)27-28-24-17-13-22(14-18-24)26-20-9-5-2-6-10-20/h1-18H. The van der Waals surface area contributed by atoms with Gasteiger partial charge in [0.25, 0.3) is 0 Å². The van der Waals surface area contributed by atoms with Crippen LogP contribution >= 0.6 is 21.6 Å². The van der Waals surface area contributed by atoms with Crippen LogP contribution in [0.2, 0.25) is 0 Å². The minimum atomic E-state index is 0.836. The van der Waals surface area contributed by atoms with Gasteiger partial charge in [0.15, 0.2) is 0 Å². The van der Waals surface area contributed by atoms with Crippen molar-refractivity contribution in [3.8, 4) is 23.0 Å². The first kappa shape index (κ1) is 18.5. The second-order valence-electron chi connectivity index (χ2n) is 5.94. The number of ether oxygens (including phenoxy) is 2. The van der Waals surface area contributed by atoms with Crippen molar-refractivity contribution in [2.45, 2.75) is 9.79 Å². The summed E-state index contributed by atoms with van der Waals surface area (Å²) >= 11 is 0. The molecule has 4 rings (SSSR count). The van der Waals surface area contributed by atoms with Gasteiger partial charge in [-0.3, -0.25) is 0 Å². The van der Waals surface area contributed by atoms with E-state index in [4.69, 9.17) is 9.47 Å². The smallest absolute Gasteiger partial charge is 0.127 e. The van der Waals surface area contributed by atoms with E-state index in [9.17, 15) is 0 Å². The Bertz CT molecular complexity index is 901. The van der Waals surface area contributed by atoms with Crippen LogP contribution in [0.25, 0.3) is 0 Å². The van der Waals surface area contributed by atoms with E-state index in [0.29, 0.717) is 0 Å². The Morgan fingerprint density at radius 3 is 1.04 bits per heavy atom. The molecule has 2 nitrogen and oxygen atoms in total. The maximum atomic E-state index is 5.83. The summed E-state index contributed by atoms with van der Waals surface area (Å²) in [5.41, 5.74) is 0. The first-order valence-corrected chi connectivity index (χ1v) is 11.0. The molecular formula is C24H18O2S2. The topological polar surface area (TPSA) is 18.5 Å². The monoisotopic (exact) mass is 402 g/mol. The van der Waals surface area contributed by atoms with Crippen molar-refractivity contribution in [3.63, 3.8) is 0 Å². The van der Waals surface area contributed by atoms with E-state index in [2.05, 4.69) is 24.3 Å². The molecule has 4 aromatic rings. The van der Waals surface area contributed by atoms with Crippen LogP contribution in [0.3, 0.4) is 0 Å². The first-order chi connectivity index (χ1) is 13.8. The molecule has 0 aromatic heterocycles. The highest BCUT2D eigenvalue weighted by Crippen LogP contribution is 2.39. The van der Waals surface area contributed by atoms with Crippen LogP contribution in [0.1, 0.15) is 0 Å². The third-order valence-corrected chi connectivity index (χ3v) is 6.26. The fourth-order valence-corrected chi connectivity index (χ4v) is 4.40. The number of hydrogen-bond acceptors (Lipinski definition) is 4. The van der Waals surface area contributed by atoms with Crippen LogP contribution in [0, 0.1) is 0 Å². The van der Waals surface area contributed by atoms with Gasteiger partial charge in [0, 0.05) is 9.79 Å². The molecule has 0 heterocycles. The summed E-state index contributed by atoms with van der Waals surface area (Å²) in [6, 6.07) is 35.9. The van der Waals surface area contributed by atoms with Gasteiger partial charge >= 0.3 is 0 Å². The van der Waals surface area contributed by atoms with Gasteiger partial charge in [0.1, 0.15) is 23.0 Å². The predicted octanol–water partition coefficient (Wildman–Crippen LogP) is 8.07. The van der Waals surface area contributed by atoms with Gasteiger partial charge in [0.05, 0.1) is 0 Å². The third kappa shape index (κ3) is 5.35. The van der Waals surface area contributed by atoms with Gasteiger partial charge < -0.3 is 9.47 Å². The second kappa shape index (κ2) is 9.40. The molecule has 0 aliphatic heterocycles. The first-order valence-electron chi connectivity index (χ1n) is 8.86. The lowest BCUT2D eigenvalue weighted by Crippen LogP contribution is -1.83. The molecule has 0 radical (unpaired) electrons. The molecule has 0 aliphatic rings. The number of para-hydroxylation sites is 2. The van der Waals surface area contributed by atoms with Gasteiger partial charge in [-0.1, -0.05) is 58.0 Å². The van der Waals surface area contributed by atoms with E-state index in [0.717, 1.165) is 23.0 Å². The molecule has 0 saturated carbocycles. The average molecular weight is 403 g/mol. The molecule has 0 unspecified atom stereocenters. The third-order valence-electron chi connectivity index (χ3n) is 3.84. The number of rotatable bonds is 7. The van der Waals surface area contributed by atoms with E-state index >= 15 is 0 Å². The molecule has 4 heteroatoms. The Morgan fingerprint density at radius 1 is 0.357 bits per heavy atom. The van der Waals surface area contributed by atoms with E-state index in [1.165, 1.54) is 9.79 Å². The van der Waals surface area contributed by atoms with Gasteiger partial charge in [-0.25, -0.2) is 0 Å². The van der Waals surface area contributed by atoms with Crippen molar-refractivity contribution in [1.82, 2.24) is 0 Å². The van der Waals surface area contributed by atoms with Crippen molar-refractivity contribution in [1.29, 1.82) is 0 Å². The molecule has 0 fully saturated rings. The minimum absolute atomic E-state index is 0.836. The van der Waals surface area contributed by atoms with Gasteiger partial charge in [-0.2, -0.15) is 0 Å². The van der Waals surface area contributed by atoms with Gasteiger partial charge in [-0.05, 0) is 72.8 Å². The zero-order valence-electron chi connectivity index (χ0n) is 15.0. The predicted molar refractivity (Wildman–Crippen MR) is 118 cm³/mol. The highest BCUT2D eigenvalue weighted by Gasteiger charge is 2.02. The van der Waals surface area contributed by atoms with Crippen molar-refractivity contribution < 1.29 is 9.47 Å². The maximum Gasteiger partial charge on any atom is 0.127 e. The Balaban J connectivity index is 1.30. The molecule has 0 amide bonds. The number of hydrogen-bond donors (Lipinski definition) is 0. The van der Waals surface area contributed by atoms with Crippen LogP contribution in [-0.4, -0.2) is 0 Å². The molecule has 0 spiro atoms. The minimum Gasteiger partial charge on any atom is -0.457 e. The van der Waals surface area contributed by atoms with E-state index < -0.39 is 0 Å². The molecular weight excluding hydrogens is 384 g/mol. The molecule has 0 atom stereocenters. The van der Waals surface area contributed by atoms with Crippen LogP contribution in [0.4, 0.5) is 0 Å². The van der Waals surface area contributed by atoms with Crippen molar-refractivity contribution in [2.24, 2.45) is 0 Å². The van der Waals surface area contributed by atoms with E-state index in [1.54, 1.807) is 21.6 Å². The summed E-state index contributed by atoms with van der Waals surface area (Å²) in [6.07, 6.45) is 0. The lowest BCUT2D eigenvalue weighted by atomic mass is 10.3. The lowest BCUT2D eigenvalue weighted by Gasteiger charge is -2.07. The fourth-order valence-electron chi connectivity index (χ4n) is 2.47. The Hall–Kier alpha value is -2.82. The highest BCUT2D eigenvalue weighted by molar-refractivity contribution is 8.76. The maximum absolute atomic E-state index is 5.83. The molecule has 0 N–H and O–H groups in total. The molecule has 138 valence electrons. The SMILES string of the molecule is c1ccc(Oc2ccc(SSc3ccc(Oc4ccccc4)cc3)cc2)cc1. The number of benzene rings is 4. The molecule has 0 aliphatic carbocycles. The summed E-state index contributed by atoms with van der Waals surface area (Å²) in [4.78, 5) is 2.35. The summed E-state index contributed by atoms with van der Waals surface area (Å²) in [7, 11) is 3.44. The van der Waals surface area contributed by atoms with Crippen LogP contribution in [-0.2, 0) is 0 Å². The van der Waals surface area contributed by atoms with Crippen LogP contribution < -0.4 is 9.47 Å². The zero-order valence-corrected chi connectivity index (χ0v) is 16.7. The van der Waals surface area contributed by atoms with Crippen LogP contribution in [0.15, 0.2) is 119 Å². The quantitative estimate of drug-likeness (QED) is 0.291. The Morgan fingerprint density at radius 2 is 0.679 bits per heavy atom. The fraction of sp³-hybridized carbons (Fsp3) is 0. The van der Waals surface area contributed by atoms with Crippen molar-refractivity contribution >= 4 is 21.6 Å². The van der Waals surface area contributed by atoms with Crippen molar-refractivity contribution in [3.05, 3.63) is 109 Å². The lowest BCUT2D eigenvalue weighted by molar-refractivity contribution is 0.482. The molecule has 28 heavy (non-hydrogen) atoms.